The predicted molar refractivity (Wildman–Crippen MR) is 81.1 cm³/mol. The third kappa shape index (κ3) is 2.89. The molecule has 20 heavy (non-hydrogen) atoms. The van der Waals surface area contributed by atoms with Crippen LogP contribution in [0.4, 0.5) is 5.69 Å². The van der Waals surface area contributed by atoms with Crippen molar-refractivity contribution in [1.82, 2.24) is 5.32 Å². The van der Waals surface area contributed by atoms with E-state index in [0.717, 1.165) is 30.7 Å². The number of carbonyl (C=O) groups excluding carboxylic acids is 1. The summed E-state index contributed by atoms with van der Waals surface area (Å²) in [6.07, 6.45) is 2.34. The van der Waals surface area contributed by atoms with Crippen molar-refractivity contribution in [3.63, 3.8) is 0 Å². The van der Waals surface area contributed by atoms with E-state index >= 15 is 0 Å². The molecule has 4 heteroatoms. The molecule has 0 aromatic heterocycles. The second-order valence-corrected chi connectivity index (χ2v) is 5.31. The third-order valence-electron chi connectivity index (χ3n) is 4.35. The minimum atomic E-state index is -0.464. The van der Waals surface area contributed by atoms with E-state index in [-0.39, 0.29) is 11.4 Å². The summed E-state index contributed by atoms with van der Waals surface area (Å²) >= 11 is 0. The molecule has 1 heterocycles. The van der Waals surface area contributed by atoms with Crippen molar-refractivity contribution >= 4 is 11.6 Å². The first kappa shape index (κ1) is 14.7. The quantitative estimate of drug-likeness (QED) is 0.869. The Morgan fingerprint density at radius 2 is 1.95 bits per heavy atom. The van der Waals surface area contributed by atoms with Crippen LogP contribution in [0.25, 0.3) is 0 Å². The first-order valence-electron chi connectivity index (χ1n) is 7.45. The van der Waals surface area contributed by atoms with Crippen molar-refractivity contribution in [3.05, 3.63) is 24.3 Å². The molecule has 0 saturated carbocycles. The number of carbonyl (C=O) groups is 1. The number of hydrogen-bond donors (Lipinski definition) is 2. The molecule has 1 aromatic rings. The molecule has 0 aliphatic carbocycles. The molecular formula is C16H24N2O2. The van der Waals surface area contributed by atoms with Gasteiger partial charge in [0, 0.05) is 5.54 Å². The number of nitrogens with one attached hydrogen (secondary N) is 2. The summed E-state index contributed by atoms with van der Waals surface area (Å²) in [5.41, 5.74) is 0.835. The molecule has 2 rings (SSSR count). The van der Waals surface area contributed by atoms with Gasteiger partial charge in [0.05, 0.1) is 12.2 Å². The fourth-order valence-corrected chi connectivity index (χ4v) is 2.62. The number of para-hydroxylation sites is 2. The Bertz CT molecular complexity index is 461. The van der Waals surface area contributed by atoms with Crippen molar-refractivity contribution < 1.29 is 9.53 Å². The van der Waals surface area contributed by atoms with Crippen LogP contribution in [0.3, 0.4) is 0 Å². The molecule has 1 aliphatic heterocycles. The average molecular weight is 276 g/mol. The lowest BCUT2D eigenvalue weighted by Gasteiger charge is -2.34. The number of hydrogen-bond acceptors (Lipinski definition) is 3. The highest BCUT2D eigenvalue weighted by Gasteiger charge is 2.32. The molecular weight excluding hydrogens is 252 g/mol. The summed E-state index contributed by atoms with van der Waals surface area (Å²) in [7, 11) is 0. The van der Waals surface area contributed by atoms with Crippen LogP contribution in [0.1, 0.15) is 40.0 Å². The number of benzene rings is 1. The van der Waals surface area contributed by atoms with Gasteiger partial charge in [0.25, 0.3) is 5.91 Å². The molecule has 1 atom stereocenters. The minimum absolute atomic E-state index is 0.0300. The molecule has 4 nitrogen and oxygen atoms in total. The van der Waals surface area contributed by atoms with Gasteiger partial charge in [-0.15, -0.1) is 0 Å². The van der Waals surface area contributed by atoms with E-state index < -0.39 is 6.10 Å². The maximum Gasteiger partial charge on any atom is 0.263 e. The zero-order chi connectivity index (χ0) is 14.6. The van der Waals surface area contributed by atoms with E-state index in [0.29, 0.717) is 6.54 Å². The summed E-state index contributed by atoms with van der Waals surface area (Å²) in [5.74, 6) is 0.714. The molecule has 1 unspecified atom stereocenters. The monoisotopic (exact) mass is 276 g/mol. The molecule has 1 aromatic carbocycles. The largest absolute Gasteiger partial charge is 0.477 e. The number of ether oxygens (including phenoxy) is 1. The van der Waals surface area contributed by atoms with Gasteiger partial charge in [-0.1, -0.05) is 32.9 Å². The maximum atomic E-state index is 12.4. The van der Waals surface area contributed by atoms with Gasteiger partial charge in [0.2, 0.25) is 0 Å². The van der Waals surface area contributed by atoms with Crippen LogP contribution in [0.2, 0.25) is 0 Å². The average Bonchev–Trinajstić information content (AvgIpc) is 2.52. The summed E-state index contributed by atoms with van der Waals surface area (Å²) in [6.45, 7) is 6.85. The lowest BCUT2D eigenvalue weighted by atomic mass is 9.89. The van der Waals surface area contributed by atoms with Gasteiger partial charge in [0.15, 0.2) is 6.10 Å². The highest BCUT2D eigenvalue weighted by atomic mass is 16.5. The smallest absolute Gasteiger partial charge is 0.263 e. The number of fused-ring (bicyclic) bond motifs is 1. The van der Waals surface area contributed by atoms with Crippen LogP contribution >= 0.6 is 0 Å². The lowest BCUT2D eigenvalue weighted by Crippen LogP contribution is -2.54. The third-order valence-corrected chi connectivity index (χ3v) is 4.35. The summed E-state index contributed by atoms with van der Waals surface area (Å²) < 4.78 is 5.80. The molecule has 2 N–H and O–H groups in total. The highest BCUT2D eigenvalue weighted by Crippen LogP contribution is 2.28. The van der Waals surface area contributed by atoms with Crippen molar-refractivity contribution in [2.45, 2.75) is 51.7 Å². The summed E-state index contributed by atoms with van der Waals surface area (Å²) in [6, 6.07) is 7.70. The molecule has 0 bridgehead atoms. The van der Waals surface area contributed by atoms with Crippen LogP contribution in [0.15, 0.2) is 24.3 Å². The summed E-state index contributed by atoms with van der Waals surface area (Å²) in [5, 5.41) is 6.42. The Balaban J connectivity index is 2.05. The number of rotatable bonds is 5. The van der Waals surface area contributed by atoms with Crippen LogP contribution in [-0.2, 0) is 4.79 Å². The van der Waals surface area contributed by atoms with Gasteiger partial charge in [-0.2, -0.15) is 0 Å². The Hall–Kier alpha value is -1.71. The fraction of sp³-hybridized carbons (Fsp3) is 0.562. The van der Waals surface area contributed by atoms with Crippen molar-refractivity contribution in [1.29, 1.82) is 0 Å². The molecule has 1 amide bonds. The first-order chi connectivity index (χ1) is 9.64. The van der Waals surface area contributed by atoms with Crippen molar-refractivity contribution in [2.75, 3.05) is 11.9 Å². The normalized spacial score (nSPS) is 17.6. The SMILES string of the molecule is CCC(CC)(CC)NC(=O)C1CNc2ccccc2O1. The predicted octanol–water partition coefficient (Wildman–Crippen LogP) is 2.94. The second kappa shape index (κ2) is 6.16. The lowest BCUT2D eigenvalue weighted by molar-refractivity contribution is -0.129. The Kier molecular flexibility index (Phi) is 4.53. The van der Waals surface area contributed by atoms with E-state index in [1.165, 1.54) is 0 Å². The van der Waals surface area contributed by atoms with E-state index in [1.807, 2.05) is 24.3 Å². The molecule has 0 saturated heterocycles. The van der Waals surface area contributed by atoms with E-state index in [9.17, 15) is 4.79 Å². The van der Waals surface area contributed by atoms with Gasteiger partial charge < -0.3 is 15.4 Å². The van der Waals surface area contributed by atoms with E-state index in [1.54, 1.807) is 0 Å². The van der Waals surface area contributed by atoms with Gasteiger partial charge in [-0.05, 0) is 31.4 Å². The van der Waals surface area contributed by atoms with Gasteiger partial charge >= 0.3 is 0 Å². The minimum Gasteiger partial charge on any atom is -0.477 e. The fourth-order valence-electron chi connectivity index (χ4n) is 2.62. The number of anilines is 1. The van der Waals surface area contributed by atoms with Crippen LogP contribution in [-0.4, -0.2) is 24.1 Å². The Morgan fingerprint density at radius 3 is 2.60 bits per heavy atom. The second-order valence-electron chi connectivity index (χ2n) is 5.31. The first-order valence-corrected chi connectivity index (χ1v) is 7.45. The highest BCUT2D eigenvalue weighted by molar-refractivity contribution is 5.83. The van der Waals surface area contributed by atoms with Crippen molar-refractivity contribution in [2.24, 2.45) is 0 Å². The summed E-state index contributed by atoms with van der Waals surface area (Å²) in [4.78, 5) is 12.4. The van der Waals surface area contributed by atoms with Gasteiger partial charge in [-0.3, -0.25) is 4.79 Å². The molecule has 0 radical (unpaired) electrons. The topological polar surface area (TPSA) is 50.4 Å². The van der Waals surface area contributed by atoms with E-state index in [2.05, 4.69) is 31.4 Å². The van der Waals surface area contributed by atoms with Crippen molar-refractivity contribution in [3.8, 4) is 5.75 Å². The van der Waals surface area contributed by atoms with Crippen LogP contribution < -0.4 is 15.4 Å². The Labute approximate surface area is 120 Å². The van der Waals surface area contributed by atoms with Gasteiger partial charge in [0.1, 0.15) is 5.75 Å². The zero-order valence-corrected chi connectivity index (χ0v) is 12.5. The Morgan fingerprint density at radius 1 is 1.30 bits per heavy atom. The standard InChI is InChI=1S/C16H24N2O2/c1-4-16(5-2,6-3)18-15(19)14-11-17-12-9-7-8-10-13(12)20-14/h7-10,14,17H,4-6,11H2,1-3H3,(H,18,19). The van der Waals surface area contributed by atoms with Crippen LogP contribution in [0.5, 0.6) is 5.75 Å². The molecule has 110 valence electrons. The van der Waals surface area contributed by atoms with Gasteiger partial charge in [-0.25, -0.2) is 0 Å². The number of amides is 1. The van der Waals surface area contributed by atoms with E-state index in [4.69, 9.17) is 4.74 Å². The molecule has 1 aliphatic rings. The van der Waals surface area contributed by atoms with Crippen LogP contribution in [0, 0.1) is 0 Å². The zero-order valence-electron chi connectivity index (χ0n) is 12.5. The molecule has 0 spiro atoms. The maximum absolute atomic E-state index is 12.4. The molecule has 0 fully saturated rings.